The highest BCUT2D eigenvalue weighted by molar-refractivity contribution is 5.96. The Morgan fingerprint density at radius 3 is 2.58 bits per heavy atom. The summed E-state index contributed by atoms with van der Waals surface area (Å²) in [5.74, 6) is 1.04. The van der Waals surface area contributed by atoms with E-state index >= 15 is 0 Å². The van der Waals surface area contributed by atoms with Gasteiger partial charge in [-0.1, -0.05) is 13.8 Å². The molecule has 19 heavy (non-hydrogen) atoms. The van der Waals surface area contributed by atoms with Crippen molar-refractivity contribution in [2.24, 2.45) is 11.8 Å². The quantitative estimate of drug-likeness (QED) is 0.740. The minimum Gasteiger partial charge on any atom is -0.374 e. The molecule has 0 amide bonds. The van der Waals surface area contributed by atoms with Crippen LogP contribution in [0.5, 0.6) is 0 Å². The first-order chi connectivity index (χ1) is 8.77. The second-order valence-electron chi connectivity index (χ2n) is 6.22. The third-order valence-electron chi connectivity index (χ3n) is 4.13. The Bertz CT molecular complexity index is 381. The largest absolute Gasteiger partial charge is 0.374 e. The summed E-state index contributed by atoms with van der Waals surface area (Å²) >= 11 is 0. The molecular weight excluding hydrogens is 240 g/mol. The number of ketones is 2. The Balaban J connectivity index is 2.87. The van der Waals surface area contributed by atoms with E-state index in [1.807, 2.05) is 13.0 Å². The lowest BCUT2D eigenvalue weighted by Gasteiger charge is -2.31. The van der Waals surface area contributed by atoms with Gasteiger partial charge in [-0.05, 0) is 50.2 Å². The SMILES string of the molecule is COC1(C)C=C(C[C@H](CC(C)=O)C(C)C)C(=O)CC1. The van der Waals surface area contributed by atoms with E-state index in [9.17, 15) is 9.59 Å². The van der Waals surface area contributed by atoms with Gasteiger partial charge in [-0.25, -0.2) is 0 Å². The standard InChI is InChI=1S/C16H26O3/c1-11(2)13(8-12(3)17)9-14-10-16(4,19-5)7-6-15(14)18/h10-11,13H,6-9H2,1-5H3/t13-,16?/m0/s1. The second kappa shape index (κ2) is 6.47. The van der Waals surface area contributed by atoms with Crippen molar-refractivity contribution in [1.82, 2.24) is 0 Å². The van der Waals surface area contributed by atoms with Crippen LogP contribution < -0.4 is 0 Å². The van der Waals surface area contributed by atoms with Gasteiger partial charge in [-0.15, -0.1) is 0 Å². The summed E-state index contributed by atoms with van der Waals surface area (Å²) in [5.41, 5.74) is 0.511. The van der Waals surface area contributed by atoms with Crippen LogP contribution in [0.3, 0.4) is 0 Å². The summed E-state index contributed by atoms with van der Waals surface area (Å²) in [7, 11) is 1.68. The number of carbonyl (C=O) groups excluding carboxylic acids is 2. The van der Waals surface area contributed by atoms with Crippen molar-refractivity contribution in [3.63, 3.8) is 0 Å². The van der Waals surface area contributed by atoms with Crippen LogP contribution >= 0.6 is 0 Å². The van der Waals surface area contributed by atoms with Crippen molar-refractivity contribution in [3.8, 4) is 0 Å². The van der Waals surface area contributed by atoms with E-state index in [1.165, 1.54) is 0 Å². The lowest BCUT2D eigenvalue weighted by molar-refractivity contribution is -0.120. The number of allylic oxidation sites excluding steroid dienone is 1. The average molecular weight is 266 g/mol. The van der Waals surface area contributed by atoms with Crippen LogP contribution in [0.15, 0.2) is 11.6 Å². The molecule has 0 aromatic heterocycles. The molecule has 0 aromatic rings. The Morgan fingerprint density at radius 2 is 2.11 bits per heavy atom. The maximum atomic E-state index is 12.0. The zero-order chi connectivity index (χ0) is 14.6. The number of ether oxygens (including phenoxy) is 1. The monoisotopic (exact) mass is 266 g/mol. The van der Waals surface area contributed by atoms with E-state index in [0.717, 1.165) is 12.0 Å². The predicted molar refractivity (Wildman–Crippen MR) is 76.0 cm³/mol. The van der Waals surface area contributed by atoms with Crippen LogP contribution in [-0.2, 0) is 14.3 Å². The molecule has 0 bridgehead atoms. The Hall–Kier alpha value is -0.960. The molecule has 0 saturated carbocycles. The molecule has 3 heteroatoms. The molecule has 0 aliphatic heterocycles. The fraction of sp³-hybridized carbons (Fsp3) is 0.750. The van der Waals surface area contributed by atoms with Gasteiger partial charge in [0.25, 0.3) is 0 Å². The zero-order valence-electron chi connectivity index (χ0n) is 12.8. The van der Waals surface area contributed by atoms with Crippen molar-refractivity contribution in [3.05, 3.63) is 11.6 Å². The van der Waals surface area contributed by atoms with Crippen LogP contribution in [0.1, 0.15) is 53.4 Å². The molecule has 0 saturated heterocycles. The molecule has 0 fully saturated rings. The van der Waals surface area contributed by atoms with Gasteiger partial charge in [0.2, 0.25) is 0 Å². The fourth-order valence-electron chi connectivity index (χ4n) is 2.57. The minimum absolute atomic E-state index is 0.192. The third-order valence-corrected chi connectivity index (χ3v) is 4.13. The number of carbonyl (C=O) groups is 2. The number of methoxy groups -OCH3 is 1. The summed E-state index contributed by atoms with van der Waals surface area (Å²) in [6.07, 6.45) is 4.49. The van der Waals surface area contributed by atoms with E-state index < -0.39 is 0 Å². The van der Waals surface area contributed by atoms with Crippen LogP contribution in [-0.4, -0.2) is 24.3 Å². The fourth-order valence-corrected chi connectivity index (χ4v) is 2.57. The molecule has 2 atom stereocenters. The second-order valence-corrected chi connectivity index (χ2v) is 6.22. The maximum Gasteiger partial charge on any atom is 0.158 e. The molecule has 0 aromatic carbocycles. The van der Waals surface area contributed by atoms with Gasteiger partial charge in [0, 0.05) is 20.0 Å². The van der Waals surface area contributed by atoms with Gasteiger partial charge < -0.3 is 9.53 Å². The summed E-state index contributed by atoms with van der Waals surface area (Å²) < 4.78 is 5.48. The first kappa shape index (κ1) is 16.1. The Morgan fingerprint density at radius 1 is 1.47 bits per heavy atom. The van der Waals surface area contributed by atoms with Gasteiger partial charge in [0.15, 0.2) is 5.78 Å². The summed E-state index contributed by atoms with van der Waals surface area (Å²) in [6, 6.07) is 0. The Labute approximate surface area is 116 Å². The lowest BCUT2D eigenvalue weighted by atomic mass is 9.79. The highest BCUT2D eigenvalue weighted by atomic mass is 16.5. The minimum atomic E-state index is -0.332. The molecular formula is C16H26O3. The summed E-state index contributed by atoms with van der Waals surface area (Å²) in [6.45, 7) is 7.84. The van der Waals surface area contributed by atoms with Crippen LogP contribution in [0.4, 0.5) is 0 Å². The number of Topliss-reactive ketones (excluding diaryl/α,β-unsaturated/α-hetero) is 2. The van der Waals surface area contributed by atoms with E-state index in [4.69, 9.17) is 4.74 Å². The smallest absolute Gasteiger partial charge is 0.158 e. The van der Waals surface area contributed by atoms with Gasteiger partial charge in [-0.3, -0.25) is 4.79 Å². The van der Waals surface area contributed by atoms with Gasteiger partial charge in [0.05, 0.1) is 5.60 Å². The predicted octanol–water partition coefficient (Wildman–Crippen LogP) is 3.32. The van der Waals surface area contributed by atoms with Crippen LogP contribution in [0.25, 0.3) is 0 Å². The first-order valence-corrected chi connectivity index (χ1v) is 7.07. The van der Waals surface area contributed by atoms with Crippen molar-refractivity contribution in [1.29, 1.82) is 0 Å². The van der Waals surface area contributed by atoms with E-state index in [2.05, 4.69) is 13.8 Å². The normalized spacial score (nSPS) is 25.4. The highest BCUT2D eigenvalue weighted by Crippen LogP contribution is 2.32. The highest BCUT2D eigenvalue weighted by Gasteiger charge is 2.31. The van der Waals surface area contributed by atoms with Gasteiger partial charge in [-0.2, -0.15) is 0 Å². The third kappa shape index (κ3) is 4.57. The molecule has 0 radical (unpaired) electrons. The average Bonchev–Trinajstić information content (AvgIpc) is 2.32. The van der Waals surface area contributed by atoms with Gasteiger partial charge in [0.1, 0.15) is 5.78 Å². The molecule has 108 valence electrons. The molecule has 1 rings (SSSR count). The molecule has 0 N–H and O–H groups in total. The van der Waals surface area contributed by atoms with Crippen LogP contribution in [0.2, 0.25) is 0 Å². The van der Waals surface area contributed by atoms with E-state index in [0.29, 0.717) is 25.2 Å². The molecule has 0 heterocycles. The molecule has 1 aliphatic carbocycles. The summed E-state index contributed by atoms with van der Waals surface area (Å²) in [4.78, 5) is 23.4. The maximum absolute atomic E-state index is 12.0. The number of rotatable bonds is 6. The van der Waals surface area contributed by atoms with Crippen molar-refractivity contribution >= 4 is 11.6 Å². The van der Waals surface area contributed by atoms with Crippen LogP contribution in [0, 0.1) is 11.8 Å². The zero-order valence-corrected chi connectivity index (χ0v) is 12.8. The Kier molecular flexibility index (Phi) is 5.48. The molecule has 1 unspecified atom stereocenters. The molecule has 3 nitrogen and oxygen atoms in total. The van der Waals surface area contributed by atoms with Crippen molar-refractivity contribution in [2.45, 2.75) is 59.0 Å². The van der Waals surface area contributed by atoms with Crippen molar-refractivity contribution in [2.75, 3.05) is 7.11 Å². The summed E-state index contributed by atoms with van der Waals surface area (Å²) in [5, 5.41) is 0. The van der Waals surface area contributed by atoms with Gasteiger partial charge >= 0.3 is 0 Å². The van der Waals surface area contributed by atoms with E-state index in [1.54, 1.807) is 14.0 Å². The number of hydrogen-bond donors (Lipinski definition) is 0. The number of hydrogen-bond acceptors (Lipinski definition) is 3. The first-order valence-electron chi connectivity index (χ1n) is 7.07. The van der Waals surface area contributed by atoms with Crippen molar-refractivity contribution < 1.29 is 14.3 Å². The topological polar surface area (TPSA) is 43.4 Å². The molecule has 1 aliphatic rings. The van der Waals surface area contributed by atoms with E-state index in [-0.39, 0.29) is 23.1 Å². The molecule has 0 spiro atoms. The lowest BCUT2D eigenvalue weighted by Crippen LogP contribution is -2.32.